The quantitative estimate of drug-likeness (QED) is 0.689. The molecule has 6 nitrogen and oxygen atoms in total. The molecule has 3 aliphatic rings. The molecule has 1 aliphatic carbocycles. The van der Waals surface area contributed by atoms with Crippen molar-refractivity contribution in [2.75, 3.05) is 5.32 Å². The molecule has 0 unspecified atom stereocenters. The van der Waals surface area contributed by atoms with E-state index in [2.05, 4.69) is 56.4 Å². The molecule has 0 radical (unpaired) electrons. The summed E-state index contributed by atoms with van der Waals surface area (Å²) in [5.74, 6) is -0.494. The third kappa shape index (κ3) is 2.92. The van der Waals surface area contributed by atoms with Crippen molar-refractivity contribution < 1.29 is 14.3 Å². The van der Waals surface area contributed by atoms with E-state index < -0.39 is 11.3 Å². The highest BCUT2D eigenvalue weighted by molar-refractivity contribution is 6.19. The summed E-state index contributed by atoms with van der Waals surface area (Å²) in [5.41, 5.74) is 8.22. The number of nitrogens with zero attached hydrogens (tertiary/aromatic N) is 1. The zero-order valence-corrected chi connectivity index (χ0v) is 18.9. The number of amides is 1. The molecule has 2 aromatic rings. The molecule has 33 heavy (non-hydrogen) atoms. The molecular formula is C27H25N3O3. The molecular weight excluding hydrogens is 414 g/mol. The van der Waals surface area contributed by atoms with Crippen molar-refractivity contribution in [2.24, 2.45) is 5.73 Å². The van der Waals surface area contributed by atoms with Crippen LogP contribution in [0.1, 0.15) is 56.2 Å². The number of benzene rings is 2. The molecule has 2 atom stereocenters. The van der Waals surface area contributed by atoms with Gasteiger partial charge in [-0.1, -0.05) is 63.2 Å². The van der Waals surface area contributed by atoms with Crippen molar-refractivity contribution in [3.8, 4) is 6.07 Å². The highest BCUT2D eigenvalue weighted by atomic mass is 16.5. The Bertz CT molecular complexity index is 1310. The van der Waals surface area contributed by atoms with Gasteiger partial charge < -0.3 is 15.8 Å². The maximum Gasteiger partial charge on any atom is 0.245 e. The summed E-state index contributed by atoms with van der Waals surface area (Å²) in [5, 5.41) is 12.8. The number of nitrogens with two attached hydrogens (primary N) is 1. The van der Waals surface area contributed by atoms with E-state index in [0.29, 0.717) is 23.4 Å². The molecule has 0 saturated heterocycles. The summed E-state index contributed by atoms with van der Waals surface area (Å²) in [6.07, 6.45) is 0.652. The van der Waals surface area contributed by atoms with E-state index in [4.69, 9.17) is 10.5 Å². The van der Waals surface area contributed by atoms with Gasteiger partial charge in [0, 0.05) is 24.1 Å². The zero-order chi connectivity index (χ0) is 23.5. The van der Waals surface area contributed by atoms with Gasteiger partial charge in [0.05, 0.1) is 5.57 Å². The average Bonchev–Trinajstić information content (AvgIpc) is 3.05. The second-order valence-electron chi connectivity index (χ2n) is 9.90. The summed E-state index contributed by atoms with van der Waals surface area (Å²) >= 11 is 0. The van der Waals surface area contributed by atoms with Gasteiger partial charge in [-0.25, -0.2) is 0 Å². The number of carbonyl (C=O) groups is 2. The first-order valence-electron chi connectivity index (χ1n) is 11.0. The summed E-state index contributed by atoms with van der Waals surface area (Å²) < 4.78 is 5.86. The van der Waals surface area contributed by atoms with E-state index in [1.807, 2.05) is 0 Å². The Kier molecular flexibility index (Phi) is 4.51. The third-order valence-electron chi connectivity index (χ3n) is 6.93. The van der Waals surface area contributed by atoms with Crippen LogP contribution in [0.3, 0.4) is 0 Å². The summed E-state index contributed by atoms with van der Waals surface area (Å²) in [7, 11) is 0. The number of rotatable bonds is 1. The molecule has 1 spiro atoms. The molecule has 2 aromatic carbocycles. The lowest BCUT2D eigenvalue weighted by Crippen LogP contribution is -2.47. The molecule has 1 amide bonds. The maximum absolute atomic E-state index is 13.6. The first-order chi connectivity index (χ1) is 15.7. The number of allylic oxidation sites excluding steroid dienone is 1. The first-order valence-corrected chi connectivity index (χ1v) is 11.0. The maximum atomic E-state index is 13.6. The second-order valence-corrected chi connectivity index (χ2v) is 9.90. The average molecular weight is 440 g/mol. The Morgan fingerprint density at radius 3 is 2.45 bits per heavy atom. The highest BCUT2D eigenvalue weighted by Crippen LogP contribution is 2.55. The highest BCUT2D eigenvalue weighted by Gasteiger charge is 2.60. The van der Waals surface area contributed by atoms with Crippen LogP contribution in [0, 0.1) is 11.3 Å². The van der Waals surface area contributed by atoms with Crippen LogP contribution in [0.5, 0.6) is 0 Å². The van der Waals surface area contributed by atoms with Gasteiger partial charge >= 0.3 is 0 Å². The van der Waals surface area contributed by atoms with Crippen LogP contribution in [0.15, 0.2) is 71.3 Å². The minimum absolute atomic E-state index is 0.0334. The Morgan fingerprint density at radius 2 is 1.79 bits per heavy atom. The number of hydrogen-bond acceptors (Lipinski definition) is 5. The van der Waals surface area contributed by atoms with E-state index in [9.17, 15) is 14.9 Å². The van der Waals surface area contributed by atoms with Crippen molar-refractivity contribution >= 4 is 17.4 Å². The number of fused-ring (bicyclic) bond motifs is 3. The first kappa shape index (κ1) is 21.0. The monoisotopic (exact) mass is 439 g/mol. The molecule has 2 heterocycles. The number of hydrogen-bond donors (Lipinski definition) is 2. The molecule has 2 aliphatic heterocycles. The third-order valence-corrected chi connectivity index (χ3v) is 6.93. The van der Waals surface area contributed by atoms with Crippen LogP contribution < -0.4 is 11.1 Å². The van der Waals surface area contributed by atoms with Gasteiger partial charge in [-0.3, -0.25) is 9.59 Å². The molecule has 0 saturated carbocycles. The van der Waals surface area contributed by atoms with E-state index in [0.717, 1.165) is 5.56 Å². The smallest absolute Gasteiger partial charge is 0.245 e. The van der Waals surface area contributed by atoms with Crippen molar-refractivity contribution in [2.45, 2.75) is 50.4 Å². The molecule has 6 heteroatoms. The number of para-hydroxylation sites is 1. The van der Waals surface area contributed by atoms with Gasteiger partial charge in [-0.2, -0.15) is 5.26 Å². The van der Waals surface area contributed by atoms with Crippen LogP contribution in [0.2, 0.25) is 0 Å². The topological polar surface area (TPSA) is 105 Å². The van der Waals surface area contributed by atoms with Crippen molar-refractivity contribution in [1.29, 1.82) is 5.26 Å². The number of anilines is 1. The van der Waals surface area contributed by atoms with Crippen LogP contribution >= 0.6 is 0 Å². The number of ketones is 1. The van der Waals surface area contributed by atoms with Crippen LogP contribution in [-0.2, 0) is 25.2 Å². The largest absolute Gasteiger partial charge is 0.444 e. The normalized spacial score (nSPS) is 24.2. The number of ether oxygens (including phenoxy) is 1. The minimum atomic E-state index is -1.57. The second kappa shape index (κ2) is 7.08. The molecule has 0 bridgehead atoms. The lowest BCUT2D eigenvalue weighted by Gasteiger charge is -2.39. The Morgan fingerprint density at radius 1 is 1.09 bits per heavy atom. The van der Waals surface area contributed by atoms with Gasteiger partial charge in [-0.15, -0.1) is 0 Å². The fraction of sp³-hybridized carbons (Fsp3) is 0.296. The fourth-order valence-corrected chi connectivity index (χ4v) is 5.27. The van der Waals surface area contributed by atoms with Crippen LogP contribution in [-0.4, -0.2) is 11.7 Å². The van der Waals surface area contributed by atoms with Gasteiger partial charge in [0.25, 0.3) is 0 Å². The molecule has 0 fully saturated rings. The molecule has 166 valence electrons. The predicted molar refractivity (Wildman–Crippen MR) is 124 cm³/mol. The zero-order valence-electron chi connectivity index (χ0n) is 18.9. The Hall–Kier alpha value is -3.85. The van der Waals surface area contributed by atoms with E-state index >= 15 is 0 Å². The van der Waals surface area contributed by atoms with E-state index in [-0.39, 0.29) is 40.6 Å². The van der Waals surface area contributed by atoms with Gasteiger partial charge in [-0.05, 0) is 28.5 Å². The predicted octanol–water partition coefficient (Wildman–Crippen LogP) is 4.30. The van der Waals surface area contributed by atoms with Crippen molar-refractivity contribution in [3.63, 3.8) is 0 Å². The summed E-state index contributed by atoms with van der Waals surface area (Å²) in [6.45, 7) is 6.47. The molecule has 3 N–H and O–H groups in total. The standard InChI is InChI=1S/C27H25N3O3/c1-26(2,3)17-10-8-15(9-11-17)16-12-21(31)23-22(13-16)33-24(29)19(14-28)27(23)18-6-4-5-7-20(18)30-25(27)32/h4-11,16H,12-13,29H2,1-3H3,(H,30,32)/t16-,27-/m0/s1. The van der Waals surface area contributed by atoms with Crippen LogP contribution in [0.25, 0.3) is 0 Å². The van der Waals surface area contributed by atoms with Crippen molar-refractivity contribution in [3.05, 3.63) is 88.0 Å². The molecule has 0 aromatic heterocycles. The number of carbonyl (C=O) groups excluding carboxylic acids is 2. The summed E-state index contributed by atoms with van der Waals surface area (Å²) in [6, 6.07) is 17.5. The van der Waals surface area contributed by atoms with Gasteiger partial charge in [0.1, 0.15) is 22.8 Å². The summed E-state index contributed by atoms with van der Waals surface area (Å²) in [4.78, 5) is 27.0. The lowest BCUT2D eigenvalue weighted by atomic mass is 9.63. The van der Waals surface area contributed by atoms with Gasteiger partial charge in [0.2, 0.25) is 11.8 Å². The number of Topliss-reactive ketones (excluding diaryl/α,β-unsaturated/α-hetero) is 1. The fourth-order valence-electron chi connectivity index (χ4n) is 5.27. The van der Waals surface area contributed by atoms with E-state index in [1.165, 1.54) is 5.56 Å². The number of nitriles is 1. The van der Waals surface area contributed by atoms with Crippen molar-refractivity contribution in [1.82, 2.24) is 0 Å². The Labute approximate surface area is 192 Å². The van der Waals surface area contributed by atoms with Gasteiger partial charge in [0.15, 0.2) is 5.78 Å². The number of nitrogens with one attached hydrogen (secondary N) is 1. The Balaban J connectivity index is 1.63. The molecule has 5 rings (SSSR count). The SMILES string of the molecule is CC(C)(C)c1ccc([C@H]2CC(=O)C3=C(C2)OC(N)=C(C#N)[C@]32C(=O)Nc3ccccc32)cc1. The minimum Gasteiger partial charge on any atom is -0.444 e. The van der Waals surface area contributed by atoms with Crippen LogP contribution in [0.4, 0.5) is 5.69 Å². The lowest BCUT2D eigenvalue weighted by molar-refractivity contribution is -0.123. The van der Waals surface area contributed by atoms with E-state index in [1.54, 1.807) is 24.3 Å².